The maximum absolute atomic E-state index is 13.2. The zero-order valence-corrected chi connectivity index (χ0v) is 15.3. The van der Waals surface area contributed by atoms with Crippen LogP contribution in [-0.2, 0) is 10.0 Å². The largest absolute Gasteiger partial charge is 0.279 e. The molecule has 4 rings (SSSR count). The molecule has 1 aliphatic heterocycles. The van der Waals surface area contributed by atoms with Crippen molar-refractivity contribution in [3.05, 3.63) is 88.4 Å². The highest BCUT2D eigenvalue weighted by atomic mass is 32.2. The van der Waals surface area contributed by atoms with E-state index in [1.54, 1.807) is 42.5 Å². The Morgan fingerprint density at radius 1 is 1.00 bits per heavy atom. The molecule has 7 heteroatoms. The van der Waals surface area contributed by atoms with Gasteiger partial charge in [-0.05, 0) is 41.3 Å². The third-order valence-electron chi connectivity index (χ3n) is 4.21. The molecule has 2 heterocycles. The van der Waals surface area contributed by atoms with Gasteiger partial charge in [-0.25, -0.2) is 4.39 Å². The fraction of sp³-hybridized carbons (Fsp3) is 0.105. The van der Waals surface area contributed by atoms with Gasteiger partial charge in [-0.3, -0.25) is 0 Å². The summed E-state index contributed by atoms with van der Waals surface area (Å²) in [6.45, 7) is 0. The van der Waals surface area contributed by atoms with E-state index in [0.29, 0.717) is 12.1 Å². The van der Waals surface area contributed by atoms with E-state index in [4.69, 9.17) is 0 Å². The summed E-state index contributed by atoms with van der Waals surface area (Å²) < 4.78 is 40.7. The lowest BCUT2D eigenvalue weighted by Crippen LogP contribution is -2.26. The zero-order valence-electron chi connectivity index (χ0n) is 13.6. The predicted molar refractivity (Wildman–Crippen MR) is 100 cm³/mol. The van der Waals surface area contributed by atoms with E-state index >= 15 is 0 Å². The normalized spacial score (nSPS) is 17.3. The van der Waals surface area contributed by atoms with Crippen LogP contribution in [0.1, 0.15) is 22.9 Å². The Labute approximate surface area is 155 Å². The fourth-order valence-corrected chi connectivity index (χ4v) is 5.25. The molecule has 0 amide bonds. The van der Waals surface area contributed by atoms with Crippen LogP contribution in [0.5, 0.6) is 0 Å². The second-order valence-electron chi connectivity index (χ2n) is 5.88. The highest BCUT2D eigenvalue weighted by Crippen LogP contribution is 2.38. The van der Waals surface area contributed by atoms with E-state index in [-0.39, 0.29) is 10.7 Å². The third-order valence-corrected chi connectivity index (χ3v) is 6.88. The van der Waals surface area contributed by atoms with E-state index < -0.39 is 16.1 Å². The van der Waals surface area contributed by atoms with Gasteiger partial charge >= 0.3 is 0 Å². The molecule has 2 aromatic carbocycles. The van der Waals surface area contributed by atoms with Gasteiger partial charge < -0.3 is 0 Å². The highest BCUT2D eigenvalue weighted by Gasteiger charge is 2.38. The van der Waals surface area contributed by atoms with Crippen molar-refractivity contribution >= 4 is 27.1 Å². The van der Waals surface area contributed by atoms with Gasteiger partial charge in [0.1, 0.15) is 11.9 Å². The summed E-state index contributed by atoms with van der Waals surface area (Å²) in [6, 6.07) is 17.6. The van der Waals surface area contributed by atoms with Crippen LogP contribution < -0.4 is 0 Å². The molecule has 132 valence electrons. The average Bonchev–Trinajstić information content (AvgIpc) is 3.33. The summed E-state index contributed by atoms with van der Waals surface area (Å²) in [5, 5.41) is 6.33. The summed E-state index contributed by atoms with van der Waals surface area (Å²) in [7, 11) is -3.78. The van der Waals surface area contributed by atoms with E-state index in [0.717, 1.165) is 10.4 Å². The molecule has 0 spiro atoms. The number of hydrogen-bond donors (Lipinski definition) is 0. The van der Waals surface area contributed by atoms with Crippen LogP contribution in [0, 0.1) is 5.82 Å². The Hall–Kier alpha value is -2.51. The molecular formula is C19H15FN2O2S2. The molecule has 1 aromatic heterocycles. The first-order valence-electron chi connectivity index (χ1n) is 8.02. The highest BCUT2D eigenvalue weighted by molar-refractivity contribution is 7.89. The maximum Gasteiger partial charge on any atom is 0.279 e. The molecule has 0 bridgehead atoms. The number of benzene rings is 2. The molecule has 1 aliphatic rings. The minimum absolute atomic E-state index is 0.200. The number of hydrazone groups is 1. The molecule has 26 heavy (non-hydrogen) atoms. The first-order valence-corrected chi connectivity index (χ1v) is 10.3. The van der Waals surface area contributed by atoms with Crippen molar-refractivity contribution in [2.24, 2.45) is 5.10 Å². The van der Waals surface area contributed by atoms with Gasteiger partial charge in [-0.2, -0.15) is 17.9 Å². The molecule has 0 aliphatic carbocycles. The van der Waals surface area contributed by atoms with Crippen LogP contribution in [0.4, 0.5) is 4.39 Å². The number of sulfonamides is 1. The molecule has 3 aromatic rings. The number of thiophene rings is 1. The Morgan fingerprint density at radius 3 is 2.38 bits per heavy atom. The average molecular weight is 386 g/mol. The van der Waals surface area contributed by atoms with Gasteiger partial charge in [0, 0.05) is 11.3 Å². The van der Waals surface area contributed by atoms with Gasteiger partial charge in [0.15, 0.2) is 0 Å². The number of halogens is 1. The summed E-state index contributed by atoms with van der Waals surface area (Å²) >= 11 is 1.50. The predicted octanol–water partition coefficient (Wildman–Crippen LogP) is 4.43. The molecule has 0 radical (unpaired) electrons. The molecule has 0 fully saturated rings. The topological polar surface area (TPSA) is 49.7 Å². The minimum Gasteiger partial charge on any atom is -0.207 e. The van der Waals surface area contributed by atoms with Gasteiger partial charge in [0.25, 0.3) is 10.0 Å². The summed E-state index contributed by atoms with van der Waals surface area (Å²) in [5.74, 6) is -0.337. The van der Waals surface area contributed by atoms with E-state index in [2.05, 4.69) is 5.10 Å². The van der Waals surface area contributed by atoms with Crippen LogP contribution in [0.3, 0.4) is 0 Å². The zero-order chi connectivity index (χ0) is 18.1. The van der Waals surface area contributed by atoms with Crippen molar-refractivity contribution in [1.29, 1.82) is 0 Å². The molecule has 0 saturated carbocycles. The van der Waals surface area contributed by atoms with Crippen molar-refractivity contribution in [3.8, 4) is 0 Å². The number of nitrogens with zero attached hydrogens (tertiary/aromatic N) is 2. The first kappa shape index (κ1) is 16.9. The minimum atomic E-state index is -3.78. The summed E-state index contributed by atoms with van der Waals surface area (Å²) in [6.07, 6.45) is 0.443. The van der Waals surface area contributed by atoms with Gasteiger partial charge in [0.05, 0.1) is 10.6 Å². The monoisotopic (exact) mass is 386 g/mol. The quantitative estimate of drug-likeness (QED) is 0.666. The van der Waals surface area contributed by atoms with E-state index in [1.165, 1.54) is 27.9 Å². The Bertz CT molecular complexity index is 1030. The first-order chi connectivity index (χ1) is 12.6. The van der Waals surface area contributed by atoms with E-state index in [9.17, 15) is 12.8 Å². The smallest absolute Gasteiger partial charge is 0.207 e. The Balaban J connectivity index is 1.78. The lowest BCUT2D eigenvalue weighted by atomic mass is 10.0. The lowest BCUT2D eigenvalue weighted by Gasteiger charge is -2.22. The van der Waals surface area contributed by atoms with Crippen LogP contribution in [0.15, 0.2) is 82.1 Å². The van der Waals surface area contributed by atoms with Crippen molar-refractivity contribution < 1.29 is 12.8 Å². The Morgan fingerprint density at radius 2 is 1.73 bits per heavy atom. The molecule has 4 nitrogen and oxygen atoms in total. The molecule has 1 atom stereocenters. The summed E-state index contributed by atoms with van der Waals surface area (Å²) in [5.41, 5.74) is 1.35. The van der Waals surface area contributed by atoms with E-state index in [1.807, 2.05) is 17.5 Å². The van der Waals surface area contributed by atoms with Crippen molar-refractivity contribution in [3.63, 3.8) is 0 Å². The Kier molecular flexibility index (Phi) is 4.34. The van der Waals surface area contributed by atoms with Crippen molar-refractivity contribution in [2.75, 3.05) is 0 Å². The van der Waals surface area contributed by atoms with Gasteiger partial charge in [0.2, 0.25) is 0 Å². The van der Waals surface area contributed by atoms with Crippen LogP contribution in [0.2, 0.25) is 0 Å². The molecule has 0 N–H and O–H groups in total. The maximum atomic E-state index is 13.2. The molecule has 0 unspecified atom stereocenters. The molecular weight excluding hydrogens is 371 g/mol. The third kappa shape index (κ3) is 3.04. The van der Waals surface area contributed by atoms with Crippen LogP contribution in [-0.4, -0.2) is 18.5 Å². The second-order valence-corrected chi connectivity index (χ2v) is 8.65. The number of rotatable bonds is 4. The number of hydrogen-bond acceptors (Lipinski definition) is 4. The molecule has 0 saturated heterocycles. The van der Waals surface area contributed by atoms with Crippen molar-refractivity contribution in [1.82, 2.24) is 4.41 Å². The van der Waals surface area contributed by atoms with Crippen molar-refractivity contribution in [2.45, 2.75) is 17.4 Å². The standard InChI is InChI=1S/C19H15FN2O2S2/c20-15-10-8-14(9-11-15)17-13-18(19-7-4-12-25-19)22(21-17)26(23,24)16-5-2-1-3-6-16/h1-12,18H,13H2/t18-/m0/s1. The summed E-state index contributed by atoms with van der Waals surface area (Å²) in [4.78, 5) is 1.12. The SMILES string of the molecule is O=S(=O)(c1ccccc1)N1N=C(c2ccc(F)cc2)C[C@H]1c1cccs1. The van der Waals surface area contributed by atoms with Gasteiger partial charge in [-0.15, -0.1) is 11.3 Å². The fourth-order valence-electron chi connectivity index (χ4n) is 2.92. The second kappa shape index (κ2) is 6.66. The lowest BCUT2D eigenvalue weighted by molar-refractivity contribution is 0.375. The van der Waals surface area contributed by atoms with Crippen LogP contribution >= 0.6 is 11.3 Å². The van der Waals surface area contributed by atoms with Gasteiger partial charge in [-0.1, -0.05) is 36.4 Å². The van der Waals surface area contributed by atoms with Crippen LogP contribution in [0.25, 0.3) is 0 Å².